The summed E-state index contributed by atoms with van der Waals surface area (Å²) in [4.78, 5) is 31.7. The van der Waals surface area contributed by atoms with Gasteiger partial charge in [-0.1, -0.05) is 23.7 Å². The van der Waals surface area contributed by atoms with Crippen molar-refractivity contribution in [1.29, 1.82) is 0 Å². The predicted molar refractivity (Wildman–Crippen MR) is 198 cm³/mol. The summed E-state index contributed by atoms with van der Waals surface area (Å²) in [5.41, 5.74) is 0.375. The minimum absolute atomic E-state index is 0.0161. The molecule has 0 aliphatic rings. The van der Waals surface area contributed by atoms with E-state index in [2.05, 4.69) is 15.1 Å². The average Bonchev–Trinajstić information content (AvgIpc) is 3.45. The molecule has 0 fully saturated rings. The molecule has 0 unspecified atom stereocenters. The number of benzene rings is 4. The molecular weight excluding hydrogens is 750 g/mol. The number of carbonyl (C=O) groups is 1. The molecule has 54 heavy (non-hydrogen) atoms. The second kappa shape index (κ2) is 15.2. The van der Waals surface area contributed by atoms with Crippen molar-refractivity contribution in [3.8, 4) is 22.9 Å². The molecule has 1 amide bonds. The highest BCUT2D eigenvalue weighted by Crippen LogP contribution is 2.37. The number of anilines is 1. The Kier molecular flexibility index (Phi) is 10.6. The van der Waals surface area contributed by atoms with E-state index in [1.807, 2.05) is 0 Å². The van der Waals surface area contributed by atoms with Gasteiger partial charge in [-0.15, -0.1) is 0 Å². The van der Waals surface area contributed by atoms with Gasteiger partial charge >= 0.3 is 6.09 Å². The lowest BCUT2D eigenvalue weighted by atomic mass is 10.0. The highest BCUT2D eigenvalue weighted by Gasteiger charge is 2.29. The van der Waals surface area contributed by atoms with E-state index < -0.39 is 39.4 Å². The van der Waals surface area contributed by atoms with Gasteiger partial charge in [0.1, 0.15) is 40.1 Å². The maximum atomic E-state index is 14.7. The number of halogens is 3. The molecule has 0 spiro atoms. The third-order valence-corrected chi connectivity index (χ3v) is 10.2. The van der Waals surface area contributed by atoms with Crippen LogP contribution in [0, 0.1) is 11.6 Å². The third-order valence-electron chi connectivity index (χ3n) is 8.59. The Hall–Kier alpha value is -5.94. The van der Waals surface area contributed by atoms with Gasteiger partial charge in [-0.3, -0.25) is 18.8 Å². The number of nitrogens with one attached hydrogen (secondary N) is 2. The predicted octanol–water partition coefficient (Wildman–Crippen LogP) is 5.77. The lowest BCUT2D eigenvalue weighted by Crippen LogP contribution is -2.35. The zero-order valence-electron chi connectivity index (χ0n) is 29.2. The molecule has 0 saturated heterocycles. The molecule has 282 valence electrons. The van der Waals surface area contributed by atoms with Crippen molar-refractivity contribution in [2.24, 2.45) is 7.05 Å². The first-order chi connectivity index (χ1) is 25.7. The number of aromatic nitrogens is 4. The van der Waals surface area contributed by atoms with Crippen LogP contribution in [0.2, 0.25) is 5.02 Å². The summed E-state index contributed by atoms with van der Waals surface area (Å²) in [6.07, 6.45) is -1.69. The van der Waals surface area contributed by atoms with Crippen molar-refractivity contribution in [1.82, 2.24) is 24.6 Å². The number of amides is 1. The molecule has 4 aromatic carbocycles. The first-order valence-electron chi connectivity index (χ1n) is 16.1. The molecule has 14 nitrogen and oxygen atoms in total. The molecule has 0 aliphatic carbocycles. The number of ether oxygens (including phenoxy) is 3. The van der Waals surface area contributed by atoms with Crippen molar-refractivity contribution < 1.29 is 41.3 Å². The Labute approximate surface area is 311 Å². The van der Waals surface area contributed by atoms with Crippen LogP contribution in [0.25, 0.3) is 27.5 Å². The van der Waals surface area contributed by atoms with Gasteiger partial charge in [-0.2, -0.15) is 5.10 Å². The standard InChI is InChI=1S/C36H33ClF2N6O8S/c1-44-32-28(10-9-25(37)30(32)33(42-44)43-54(49,50)12-11-19-5-7-23(51-2)8-6-19)45-34(27(41-36(47)48)15-20-13-21(38)16-22(39)14-20)40-26-17-24(52-3)18-29(53-4)31(26)35(45)46/h5-10,13-14,16-18,27,41H,11-12,15H2,1-4H3,(H,42,43)(H,47,48)/t27-/m0/s1. The van der Waals surface area contributed by atoms with Gasteiger partial charge in [0.15, 0.2) is 5.82 Å². The largest absolute Gasteiger partial charge is 0.497 e. The fourth-order valence-corrected chi connectivity index (χ4v) is 7.47. The van der Waals surface area contributed by atoms with Crippen molar-refractivity contribution in [3.63, 3.8) is 0 Å². The molecule has 18 heteroatoms. The molecule has 2 aromatic heterocycles. The number of methoxy groups -OCH3 is 3. The fourth-order valence-electron chi connectivity index (χ4n) is 6.19. The van der Waals surface area contributed by atoms with Crippen LogP contribution in [0.5, 0.6) is 17.2 Å². The maximum absolute atomic E-state index is 14.7. The zero-order valence-corrected chi connectivity index (χ0v) is 30.8. The van der Waals surface area contributed by atoms with Crippen LogP contribution in [0.3, 0.4) is 0 Å². The highest BCUT2D eigenvalue weighted by molar-refractivity contribution is 7.92. The molecule has 6 aromatic rings. The molecule has 6 rings (SSSR count). The molecule has 0 saturated carbocycles. The number of hydrogen-bond donors (Lipinski definition) is 3. The zero-order chi connectivity index (χ0) is 38.9. The van der Waals surface area contributed by atoms with Crippen LogP contribution in [0.4, 0.5) is 19.4 Å². The molecule has 1 atom stereocenters. The Morgan fingerprint density at radius 2 is 1.61 bits per heavy atom. The van der Waals surface area contributed by atoms with Crippen LogP contribution in [-0.2, 0) is 29.9 Å². The molecule has 2 heterocycles. The van der Waals surface area contributed by atoms with Gasteiger partial charge in [0, 0.05) is 31.7 Å². The first kappa shape index (κ1) is 37.8. The van der Waals surface area contributed by atoms with E-state index in [0.29, 0.717) is 11.8 Å². The average molecular weight is 783 g/mol. The number of carboxylic acid groups (broad SMARTS) is 1. The number of rotatable bonds is 13. The summed E-state index contributed by atoms with van der Waals surface area (Å²) in [5, 5.41) is 16.9. The van der Waals surface area contributed by atoms with Gasteiger partial charge in [0.2, 0.25) is 10.0 Å². The highest BCUT2D eigenvalue weighted by atomic mass is 35.5. The number of nitrogens with zero attached hydrogens (tertiary/aromatic N) is 4. The van der Waals surface area contributed by atoms with Crippen LogP contribution >= 0.6 is 11.6 Å². The van der Waals surface area contributed by atoms with Gasteiger partial charge in [0.05, 0.1) is 60.3 Å². The minimum Gasteiger partial charge on any atom is -0.497 e. The molecule has 0 bridgehead atoms. The Balaban J connectivity index is 1.55. The molecule has 0 radical (unpaired) electrons. The van der Waals surface area contributed by atoms with Crippen molar-refractivity contribution >= 4 is 55.3 Å². The van der Waals surface area contributed by atoms with Gasteiger partial charge in [-0.05, 0) is 53.9 Å². The van der Waals surface area contributed by atoms with Gasteiger partial charge in [0.25, 0.3) is 5.56 Å². The second-order valence-corrected chi connectivity index (χ2v) is 14.3. The minimum atomic E-state index is -4.01. The van der Waals surface area contributed by atoms with Crippen LogP contribution in [0.15, 0.2) is 71.5 Å². The van der Waals surface area contributed by atoms with E-state index in [1.54, 1.807) is 24.3 Å². The van der Waals surface area contributed by atoms with E-state index in [0.717, 1.165) is 22.3 Å². The summed E-state index contributed by atoms with van der Waals surface area (Å²) >= 11 is 6.69. The summed E-state index contributed by atoms with van der Waals surface area (Å²) < 4.78 is 76.4. The third kappa shape index (κ3) is 7.72. The molecular formula is C36H33ClF2N6O8S. The fraction of sp³-hybridized carbons (Fsp3) is 0.222. The monoisotopic (exact) mass is 782 g/mol. The first-order valence-corrected chi connectivity index (χ1v) is 18.2. The van der Waals surface area contributed by atoms with Gasteiger partial charge < -0.3 is 24.6 Å². The Morgan fingerprint density at radius 3 is 2.24 bits per heavy atom. The Bertz CT molecular complexity index is 2560. The maximum Gasteiger partial charge on any atom is 0.405 e. The van der Waals surface area contributed by atoms with E-state index >= 15 is 0 Å². The number of hydrogen-bond acceptors (Lipinski definition) is 9. The van der Waals surface area contributed by atoms with Crippen molar-refractivity contribution in [2.45, 2.75) is 18.9 Å². The number of sulfonamides is 1. The van der Waals surface area contributed by atoms with Crippen LogP contribution < -0.4 is 29.8 Å². The van der Waals surface area contributed by atoms with E-state index in [-0.39, 0.29) is 79.8 Å². The summed E-state index contributed by atoms with van der Waals surface area (Å²) in [7, 11) is 1.76. The van der Waals surface area contributed by atoms with Crippen molar-refractivity contribution in [2.75, 3.05) is 31.8 Å². The quantitative estimate of drug-likeness (QED) is 0.131. The molecule has 0 aliphatic heterocycles. The van der Waals surface area contributed by atoms with Gasteiger partial charge in [-0.25, -0.2) is 27.0 Å². The summed E-state index contributed by atoms with van der Waals surface area (Å²) in [6, 6.07) is 14.1. The summed E-state index contributed by atoms with van der Waals surface area (Å²) in [6.45, 7) is 0. The summed E-state index contributed by atoms with van der Waals surface area (Å²) in [5.74, 6) is -1.45. The second-order valence-electron chi connectivity index (χ2n) is 12.1. The normalized spacial score (nSPS) is 12.1. The van der Waals surface area contributed by atoms with E-state index in [4.69, 9.17) is 30.8 Å². The lowest BCUT2D eigenvalue weighted by molar-refractivity contribution is 0.189. The lowest BCUT2D eigenvalue weighted by Gasteiger charge is -2.23. The number of fused-ring (bicyclic) bond motifs is 2. The number of aryl methyl sites for hydroxylation is 2. The van der Waals surface area contributed by atoms with Crippen molar-refractivity contribution in [3.05, 3.63) is 111 Å². The Morgan fingerprint density at radius 1 is 0.926 bits per heavy atom. The van der Waals surface area contributed by atoms with E-state index in [9.17, 15) is 31.9 Å². The van der Waals surface area contributed by atoms with E-state index in [1.165, 1.54) is 57.3 Å². The molecule has 3 N–H and O–H groups in total. The van der Waals surface area contributed by atoms with Crippen LogP contribution in [-0.4, -0.2) is 66.0 Å². The SMILES string of the molecule is COc1ccc(CCS(=O)(=O)Nc2nn(C)c3c(-n4c([C@H](Cc5cc(F)cc(F)c5)NC(=O)O)nc5cc(OC)cc(OC)c5c4=O)ccc(Cl)c23)cc1. The smallest absolute Gasteiger partial charge is 0.405 e. The topological polar surface area (TPSA) is 176 Å². The van der Waals surface area contributed by atoms with Crippen LogP contribution in [0.1, 0.15) is 23.0 Å².